The molecule has 0 aliphatic rings. The van der Waals surface area contributed by atoms with E-state index in [-0.39, 0.29) is 23.9 Å². The fourth-order valence-electron chi connectivity index (χ4n) is 1.46. The van der Waals surface area contributed by atoms with Gasteiger partial charge >= 0.3 is 5.97 Å². The van der Waals surface area contributed by atoms with Gasteiger partial charge in [0, 0.05) is 12.1 Å². The van der Waals surface area contributed by atoms with Crippen LogP contribution in [0.1, 0.15) is 31.1 Å². The van der Waals surface area contributed by atoms with Gasteiger partial charge in [-0.3, -0.25) is 10.1 Å². The van der Waals surface area contributed by atoms with Crippen molar-refractivity contribution in [3.05, 3.63) is 33.9 Å². The van der Waals surface area contributed by atoms with E-state index in [1.54, 1.807) is 6.92 Å². The molecular formula is C12H16N2O4. The van der Waals surface area contributed by atoms with Gasteiger partial charge in [0.25, 0.3) is 5.69 Å². The van der Waals surface area contributed by atoms with Gasteiger partial charge in [-0.15, -0.1) is 0 Å². The molecule has 1 aromatic carbocycles. The zero-order valence-corrected chi connectivity index (χ0v) is 10.6. The molecule has 0 bridgehead atoms. The summed E-state index contributed by atoms with van der Waals surface area (Å²) in [4.78, 5) is 21.9. The van der Waals surface area contributed by atoms with Crippen LogP contribution in [0.3, 0.4) is 0 Å². The third-order valence-electron chi connectivity index (χ3n) is 2.15. The number of benzene rings is 1. The Balaban J connectivity index is 3.10. The molecule has 0 atom stereocenters. The first-order valence-electron chi connectivity index (χ1n) is 5.67. The molecule has 98 valence electrons. The lowest BCUT2D eigenvalue weighted by Crippen LogP contribution is -2.12. The molecule has 0 heterocycles. The fraction of sp³-hybridized carbons (Fsp3) is 0.417. The Hall–Kier alpha value is -2.11. The van der Waals surface area contributed by atoms with Crippen LogP contribution in [-0.4, -0.2) is 23.5 Å². The first kappa shape index (κ1) is 14.0. The van der Waals surface area contributed by atoms with Crippen LogP contribution in [0.5, 0.6) is 0 Å². The Morgan fingerprint density at radius 3 is 2.67 bits per heavy atom. The number of nitrogens with zero attached hydrogens (tertiary/aromatic N) is 1. The second kappa shape index (κ2) is 6.00. The van der Waals surface area contributed by atoms with Gasteiger partial charge in [-0.05, 0) is 32.9 Å². The van der Waals surface area contributed by atoms with E-state index in [2.05, 4.69) is 5.32 Å². The maximum atomic E-state index is 11.5. The molecule has 0 spiro atoms. The lowest BCUT2D eigenvalue weighted by molar-refractivity contribution is -0.384. The van der Waals surface area contributed by atoms with Crippen molar-refractivity contribution in [2.45, 2.75) is 26.8 Å². The molecule has 0 saturated carbocycles. The van der Waals surface area contributed by atoms with Gasteiger partial charge < -0.3 is 10.1 Å². The average Bonchev–Trinajstić information content (AvgIpc) is 2.28. The van der Waals surface area contributed by atoms with Crippen molar-refractivity contribution in [3.63, 3.8) is 0 Å². The number of hydrogen-bond donors (Lipinski definition) is 1. The van der Waals surface area contributed by atoms with Crippen LogP contribution >= 0.6 is 0 Å². The molecule has 0 aliphatic carbocycles. The van der Waals surface area contributed by atoms with Gasteiger partial charge in [-0.2, -0.15) is 0 Å². The molecule has 0 radical (unpaired) electrons. The molecule has 1 N–H and O–H groups in total. The number of carbonyl (C=O) groups excluding carboxylic acids is 1. The molecule has 6 nitrogen and oxygen atoms in total. The van der Waals surface area contributed by atoms with Gasteiger partial charge in [0.1, 0.15) is 5.69 Å². The molecule has 0 fully saturated rings. The predicted molar refractivity (Wildman–Crippen MR) is 67.8 cm³/mol. The number of anilines is 1. The van der Waals surface area contributed by atoms with Gasteiger partial charge in [-0.1, -0.05) is 0 Å². The molecular weight excluding hydrogens is 236 g/mol. The molecule has 0 saturated heterocycles. The van der Waals surface area contributed by atoms with Crippen molar-refractivity contribution >= 4 is 17.3 Å². The van der Waals surface area contributed by atoms with Crippen molar-refractivity contribution in [2.75, 3.05) is 11.9 Å². The third-order valence-corrected chi connectivity index (χ3v) is 2.15. The zero-order chi connectivity index (χ0) is 13.7. The van der Waals surface area contributed by atoms with Crippen LogP contribution in [0.4, 0.5) is 11.4 Å². The number of nitro benzene ring substituents is 1. The van der Waals surface area contributed by atoms with E-state index >= 15 is 0 Å². The number of nitrogens with one attached hydrogen (secondary N) is 1. The molecule has 0 aliphatic heterocycles. The van der Waals surface area contributed by atoms with E-state index in [1.807, 2.05) is 13.8 Å². The van der Waals surface area contributed by atoms with Crippen LogP contribution in [0.2, 0.25) is 0 Å². The first-order valence-corrected chi connectivity index (χ1v) is 5.67. The summed E-state index contributed by atoms with van der Waals surface area (Å²) >= 11 is 0. The van der Waals surface area contributed by atoms with Crippen LogP contribution in [-0.2, 0) is 4.74 Å². The predicted octanol–water partition coefficient (Wildman–Crippen LogP) is 2.59. The highest BCUT2D eigenvalue weighted by Crippen LogP contribution is 2.26. The third kappa shape index (κ3) is 3.44. The van der Waals surface area contributed by atoms with Crippen molar-refractivity contribution in [1.82, 2.24) is 0 Å². The first-order chi connectivity index (χ1) is 8.45. The minimum atomic E-state index is -0.559. The summed E-state index contributed by atoms with van der Waals surface area (Å²) in [6.45, 7) is 5.67. The van der Waals surface area contributed by atoms with E-state index in [1.165, 1.54) is 18.2 Å². The van der Waals surface area contributed by atoms with E-state index in [0.717, 1.165) is 0 Å². The summed E-state index contributed by atoms with van der Waals surface area (Å²) in [5, 5.41) is 13.9. The van der Waals surface area contributed by atoms with Crippen molar-refractivity contribution < 1.29 is 14.5 Å². The SMILES string of the molecule is CCOC(=O)c1ccc(NC(C)C)c([N+](=O)[O-])c1. The molecule has 0 unspecified atom stereocenters. The van der Waals surface area contributed by atoms with E-state index in [4.69, 9.17) is 4.74 Å². The number of carbonyl (C=O) groups is 1. The summed E-state index contributed by atoms with van der Waals surface area (Å²) in [6, 6.07) is 4.32. The van der Waals surface area contributed by atoms with Crippen LogP contribution < -0.4 is 5.32 Å². The highest BCUT2D eigenvalue weighted by atomic mass is 16.6. The quantitative estimate of drug-likeness (QED) is 0.495. The Kier molecular flexibility index (Phi) is 4.65. The standard InChI is InChI=1S/C12H16N2O4/c1-4-18-12(15)9-5-6-10(13-8(2)3)11(7-9)14(16)17/h5-8,13H,4H2,1-3H3. The second-order valence-electron chi connectivity index (χ2n) is 4.01. The van der Waals surface area contributed by atoms with Crippen molar-refractivity contribution in [3.8, 4) is 0 Å². The molecule has 6 heteroatoms. The smallest absolute Gasteiger partial charge is 0.338 e. The van der Waals surface area contributed by atoms with Gasteiger partial charge in [0.05, 0.1) is 17.1 Å². The highest BCUT2D eigenvalue weighted by Gasteiger charge is 2.18. The summed E-state index contributed by atoms with van der Waals surface area (Å²) in [6.07, 6.45) is 0. The number of nitro groups is 1. The minimum absolute atomic E-state index is 0.0668. The summed E-state index contributed by atoms with van der Waals surface area (Å²) in [7, 11) is 0. The number of ether oxygens (including phenoxy) is 1. The topological polar surface area (TPSA) is 81.5 Å². The summed E-state index contributed by atoms with van der Waals surface area (Å²) < 4.78 is 4.80. The monoisotopic (exact) mass is 252 g/mol. The lowest BCUT2D eigenvalue weighted by atomic mass is 10.1. The number of hydrogen-bond acceptors (Lipinski definition) is 5. The summed E-state index contributed by atoms with van der Waals surface area (Å²) in [5.41, 5.74) is 0.440. The van der Waals surface area contributed by atoms with Crippen molar-refractivity contribution in [1.29, 1.82) is 0 Å². The number of rotatable bonds is 5. The van der Waals surface area contributed by atoms with Crippen LogP contribution in [0.15, 0.2) is 18.2 Å². The maximum absolute atomic E-state index is 11.5. The van der Waals surface area contributed by atoms with E-state index in [9.17, 15) is 14.9 Å². The largest absolute Gasteiger partial charge is 0.462 e. The lowest BCUT2D eigenvalue weighted by Gasteiger charge is -2.11. The molecule has 1 rings (SSSR count). The zero-order valence-electron chi connectivity index (χ0n) is 10.6. The highest BCUT2D eigenvalue weighted by molar-refractivity contribution is 5.91. The minimum Gasteiger partial charge on any atom is -0.462 e. The Labute approximate surface area is 105 Å². The normalized spacial score (nSPS) is 10.2. The maximum Gasteiger partial charge on any atom is 0.338 e. The Morgan fingerprint density at radius 1 is 1.50 bits per heavy atom. The van der Waals surface area contributed by atoms with E-state index < -0.39 is 10.9 Å². The van der Waals surface area contributed by atoms with E-state index in [0.29, 0.717) is 5.69 Å². The Morgan fingerprint density at radius 2 is 2.17 bits per heavy atom. The molecule has 0 amide bonds. The van der Waals surface area contributed by atoms with Gasteiger partial charge in [-0.25, -0.2) is 4.79 Å². The fourth-order valence-corrected chi connectivity index (χ4v) is 1.46. The second-order valence-corrected chi connectivity index (χ2v) is 4.01. The summed E-state index contributed by atoms with van der Waals surface area (Å²) in [5.74, 6) is -0.559. The Bertz CT molecular complexity index is 457. The average molecular weight is 252 g/mol. The number of esters is 1. The van der Waals surface area contributed by atoms with Gasteiger partial charge in [0.15, 0.2) is 0 Å². The molecule has 0 aromatic heterocycles. The van der Waals surface area contributed by atoms with Crippen molar-refractivity contribution in [2.24, 2.45) is 0 Å². The van der Waals surface area contributed by atoms with Crippen LogP contribution in [0.25, 0.3) is 0 Å². The molecule has 1 aromatic rings. The van der Waals surface area contributed by atoms with Gasteiger partial charge in [0.2, 0.25) is 0 Å². The molecule has 18 heavy (non-hydrogen) atoms. The van der Waals surface area contributed by atoms with Crippen LogP contribution in [0, 0.1) is 10.1 Å².